The van der Waals surface area contributed by atoms with Gasteiger partial charge in [0.05, 0.1) is 40.6 Å². The molecule has 1 atom stereocenters. The van der Waals surface area contributed by atoms with Crippen molar-refractivity contribution in [3.8, 4) is 17.6 Å². The van der Waals surface area contributed by atoms with Crippen molar-refractivity contribution in [2.45, 2.75) is 76.4 Å². The van der Waals surface area contributed by atoms with Crippen LogP contribution in [-0.4, -0.2) is 112 Å². The molecular formula is C46H51F2N11O8S. The number of anilines is 3. The highest BCUT2D eigenvalue weighted by Gasteiger charge is 2.44. The monoisotopic (exact) mass is 955 g/mol. The molecule has 3 aromatic carbocycles. The molecule has 2 aromatic heterocycles. The molecule has 4 amide bonds. The van der Waals surface area contributed by atoms with Crippen molar-refractivity contribution in [2.75, 3.05) is 60.8 Å². The van der Waals surface area contributed by atoms with Crippen molar-refractivity contribution in [1.82, 2.24) is 33.9 Å². The lowest BCUT2D eigenvalue weighted by atomic mass is 9.76. The molecule has 4 aliphatic rings. The number of rotatable bonds is 11. The highest BCUT2D eigenvalue weighted by molar-refractivity contribution is 7.90. The molecule has 4 fully saturated rings. The standard InChI is InChI=1S/C46H51F2N11O8S/c1-4-54(2)68(65,66)53-35-9-7-33(47)41(32(35)26-49)67-29-5-8-34-31(23-29)43(62)59(27-50-34)28-11-13-45(24-28)14-19-57(20-15-45)38(61)25-46(64)16-21-56(22-17-46)36-10-6-30-40(39(36)48)55(3)52-42(30)58-18-12-37(60)51-44(58)63/h5-10,23,27-28,53,64H,4,11-22,24-25H2,1-3H3,(H,51,60,63)/t28-/m0/s1. The van der Waals surface area contributed by atoms with Crippen molar-refractivity contribution in [3.05, 3.63) is 76.3 Å². The van der Waals surface area contributed by atoms with Crippen LogP contribution in [0.5, 0.6) is 11.5 Å². The number of aliphatic hydroxyl groups is 1. The first-order valence-corrected chi connectivity index (χ1v) is 24.0. The molecular weight excluding hydrogens is 905 g/mol. The number of hydrogen-bond donors (Lipinski definition) is 3. The van der Waals surface area contributed by atoms with Crippen LogP contribution in [0.1, 0.15) is 76.3 Å². The van der Waals surface area contributed by atoms with Gasteiger partial charge in [0.15, 0.2) is 23.2 Å². The number of piperidine rings is 2. The molecule has 0 unspecified atom stereocenters. The number of fused-ring (bicyclic) bond motifs is 2. The number of benzene rings is 3. The fourth-order valence-electron chi connectivity index (χ4n) is 10.1. The molecule has 3 N–H and O–H groups in total. The van der Waals surface area contributed by atoms with Gasteiger partial charge in [0.2, 0.25) is 11.8 Å². The second-order valence-electron chi connectivity index (χ2n) is 18.3. The van der Waals surface area contributed by atoms with Crippen LogP contribution in [0.25, 0.3) is 21.8 Å². The first-order chi connectivity index (χ1) is 32.4. The minimum absolute atomic E-state index is 0.0454. The lowest BCUT2D eigenvalue weighted by Gasteiger charge is -2.42. The maximum absolute atomic E-state index is 16.2. The number of nitriles is 1. The number of ether oxygens (including phenoxy) is 1. The van der Waals surface area contributed by atoms with E-state index in [0.717, 1.165) is 35.7 Å². The van der Waals surface area contributed by atoms with Crippen LogP contribution in [0.4, 0.5) is 30.8 Å². The molecule has 358 valence electrons. The van der Waals surface area contributed by atoms with Crippen LogP contribution in [0.3, 0.4) is 0 Å². The van der Waals surface area contributed by atoms with Crippen LogP contribution in [0.2, 0.25) is 0 Å². The molecule has 68 heavy (non-hydrogen) atoms. The van der Waals surface area contributed by atoms with Gasteiger partial charge in [-0.1, -0.05) is 6.92 Å². The lowest BCUT2D eigenvalue weighted by Crippen LogP contribution is -2.49. The fraction of sp³-hybridized carbons (Fsp3) is 0.457. The number of amides is 4. The summed E-state index contributed by atoms with van der Waals surface area (Å²) in [4.78, 5) is 61.4. The number of likely N-dealkylation sites (tertiary alicyclic amines) is 1. The fourth-order valence-corrected chi connectivity index (χ4v) is 11.1. The second-order valence-corrected chi connectivity index (χ2v) is 20.1. The highest BCUT2D eigenvalue weighted by atomic mass is 32.2. The Bertz CT molecular complexity index is 3080. The Kier molecular flexibility index (Phi) is 12.1. The summed E-state index contributed by atoms with van der Waals surface area (Å²) in [7, 11) is -1.10. The SMILES string of the molecule is CCN(C)S(=O)(=O)Nc1ccc(F)c(Oc2ccc3ncn([C@H]4CCC5(CCN(C(=O)CC6(O)CCN(c7ccc8c(N9CCC(=O)NC9=O)nn(C)c8c7F)CC6)CC5)C4)c(=O)c3c2)c1C#N. The summed E-state index contributed by atoms with van der Waals surface area (Å²) in [5.41, 5.74) is -1.32. The van der Waals surface area contributed by atoms with Crippen LogP contribution in [0, 0.1) is 28.4 Å². The predicted octanol–water partition coefficient (Wildman–Crippen LogP) is 5.04. The van der Waals surface area contributed by atoms with Crippen LogP contribution in [-0.2, 0) is 26.8 Å². The summed E-state index contributed by atoms with van der Waals surface area (Å²) in [5, 5.41) is 28.9. The van der Waals surface area contributed by atoms with E-state index in [1.54, 1.807) is 41.6 Å². The molecule has 9 rings (SSSR count). The average Bonchev–Trinajstić information content (AvgIpc) is 3.88. The molecule has 3 aliphatic heterocycles. The zero-order valence-corrected chi connectivity index (χ0v) is 38.6. The van der Waals surface area contributed by atoms with E-state index >= 15 is 8.78 Å². The van der Waals surface area contributed by atoms with E-state index in [-0.39, 0.29) is 101 Å². The Morgan fingerprint density at radius 1 is 1.03 bits per heavy atom. The number of carbonyl (C=O) groups excluding carboxylic acids is 3. The largest absolute Gasteiger partial charge is 0.453 e. The maximum atomic E-state index is 16.2. The zero-order chi connectivity index (χ0) is 48.3. The Morgan fingerprint density at radius 2 is 1.78 bits per heavy atom. The number of imide groups is 1. The van der Waals surface area contributed by atoms with Gasteiger partial charge in [0.1, 0.15) is 22.9 Å². The summed E-state index contributed by atoms with van der Waals surface area (Å²) in [6.07, 6.45) is 5.79. The van der Waals surface area contributed by atoms with E-state index in [9.17, 15) is 38.0 Å². The van der Waals surface area contributed by atoms with E-state index in [4.69, 9.17) is 4.74 Å². The minimum Gasteiger partial charge on any atom is -0.453 e. The van der Waals surface area contributed by atoms with Gasteiger partial charge in [-0.25, -0.2) is 18.6 Å². The van der Waals surface area contributed by atoms with Gasteiger partial charge in [0, 0.05) is 71.2 Å². The third kappa shape index (κ3) is 8.58. The molecule has 0 radical (unpaired) electrons. The van der Waals surface area contributed by atoms with Crippen molar-refractivity contribution >= 4 is 67.1 Å². The van der Waals surface area contributed by atoms with Crippen LogP contribution < -0.4 is 30.1 Å². The number of aromatic nitrogens is 4. The summed E-state index contributed by atoms with van der Waals surface area (Å²) in [6, 6.07) is 11.0. The normalized spacial score (nSPS) is 19.5. The smallest absolute Gasteiger partial charge is 0.329 e. The third-order valence-corrected chi connectivity index (χ3v) is 15.8. The van der Waals surface area contributed by atoms with Crippen LogP contribution in [0.15, 0.2) is 53.6 Å². The topological polar surface area (TPSA) is 228 Å². The van der Waals surface area contributed by atoms with E-state index in [1.807, 2.05) is 11.0 Å². The molecule has 1 spiro atoms. The van der Waals surface area contributed by atoms with Gasteiger partial charge in [-0.3, -0.25) is 38.6 Å². The Balaban J connectivity index is 0.813. The quantitative estimate of drug-likeness (QED) is 0.158. The zero-order valence-electron chi connectivity index (χ0n) is 37.8. The maximum Gasteiger partial charge on any atom is 0.329 e. The van der Waals surface area contributed by atoms with Gasteiger partial charge < -0.3 is 19.6 Å². The number of aryl methyl sites for hydroxylation is 1. The molecule has 0 bridgehead atoms. The Hall–Kier alpha value is -6.70. The van der Waals surface area contributed by atoms with Crippen molar-refractivity contribution in [3.63, 3.8) is 0 Å². The predicted molar refractivity (Wildman–Crippen MR) is 246 cm³/mol. The van der Waals surface area contributed by atoms with Crippen LogP contribution >= 0.6 is 0 Å². The number of nitrogens with zero attached hydrogens (tertiary/aromatic N) is 9. The molecule has 19 nitrogen and oxygen atoms in total. The second kappa shape index (κ2) is 17.7. The van der Waals surface area contributed by atoms with E-state index in [0.29, 0.717) is 55.6 Å². The summed E-state index contributed by atoms with van der Waals surface area (Å²) in [5.74, 6) is -2.15. The number of hydrogen-bond acceptors (Lipinski definition) is 12. The summed E-state index contributed by atoms with van der Waals surface area (Å²) in [6.45, 7) is 3.55. The molecule has 1 aliphatic carbocycles. The summed E-state index contributed by atoms with van der Waals surface area (Å²) >= 11 is 0. The van der Waals surface area contributed by atoms with Gasteiger partial charge in [-0.05, 0) is 92.8 Å². The average molecular weight is 956 g/mol. The molecule has 3 saturated heterocycles. The molecule has 22 heteroatoms. The first-order valence-electron chi connectivity index (χ1n) is 22.6. The minimum atomic E-state index is -4.04. The molecule has 5 heterocycles. The molecule has 1 saturated carbocycles. The van der Waals surface area contributed by atoms with Gasteiger partial charge in [-0.15, -0.1) is 0 Å². The van der Waals surface area contributed by atoms with Crippen molar-refractivity contribution < 1.29 is 41.4 Å². The summed E-state index contributed by atoms with van der Waals surface area (Å²) < 4.78 is 68.9. The lowest BCUT2D eigenvalue weighted by molar-refractivity contribution is -0.139. The Labute approximate surface area is 390 Å². The molecule has 5 aromatic rings. The third-order valence-electron chi connectivity index (χ3n) is 14.3. The van der Waals surface area contributed by atoms with Crippen molar-refractivity contribution in [2.24, 2.45) is 12.5 Å². The number of carbonyl (C=O) groups is 3. The van der Waals surface area contributed by atoms with Crippen molar-refractivity contribution in [1.29, 1.82) is 5.26 Å². The number of nitrogens with one attached hydrogen (secondary N) is 2. The number of halogens is 2. The van der Waals surface area contributed by atoms with Gasteiger partial charge in [0.25, 0.3) is 5.56 Å². The van der Waals surface area contributed by atoms with E-state index in [1.165, 1.54) is 35.1 Å². The van der Waals surface area contributed by atoms with Gasteiger partial charge in [-0.2, -0.15) is 23.1 Å². The van der Waals surface area contributed by atoms with Gasteiger partial charge >= 0.3 is 16.2 Å². The van der Waals surface area contributed by atoms with E-state index < -0.39 is 39.2 Å². The highest BCUT2D eigenvalue weighted by Crippen LogP contribution is 2.50. The van der Waals surface area contributed by atoms with E-state index in [2.05, 4.69) is 20.1 Å². The first kappa shape index (κ1) is 46.4. The Morgan fingerprint density at radius 3 is 2.49 bits per heavy atom. The number of urea groups is 1.